The highest BCUT2D eigenvalue weighted by Gasteiger charge is 2.21. The molecule has 3 heterocycles. The maximum atomic E-state index is 12.7. The molecule has 5 rings (SSSR count). The number of carbonyl (C=O) groups excluding carboxylic acids is 1. The van der Waals surface area contributed by atoms with E-state index < -0.39 is 0 Å². The average Bonchev–Trinajstić information content (AvgIpc) is 3.25. The molecule has 8 nitrogen and oxygen atoms in total. The summed E-state index contributed by atoms with van der Waals surface area (Å²) >= 11 is 0. The predicted molar refractivity (Wildman–Crippen MR) is 124 cm³/mol. The van der Waals surface area contributed by atoms with Crippen molar-refractivity contribution in [2.24, 2.45) is 0 Å². The van der Waals surface area contributed by atoms with Crippen LogP contribution in [0.5, 0.6) is 5.75 Å². The molecule has 166 valence electrons. The maximum Gasteiger partial charge on any atom is 0.254 e. The number of amides is 1. The summed E-state index contributed by atoms with van der Waals surface area (Å²) in [5, 5.41) is 7.36. The van der Waals surface area contributed by atoms with Gasteiger partial charge in [0.1, 0.15) is 5.75 Å². The number of aromatic nitrogens is 5. The number of nitrogens with one attached hydrogen (secondary N) is 1. The Hall–Kier alpha value is -4.07. The van der Waals surface area contributed by atoms with Gasteiger partial charge < -0.3 is 10.1 Å². The van der Waals surface area contributed by atoms with E-state index in [9.17, 15) is 4.79 Å². The van der Waals surface area contributed by atoms with Gasteiger partial charge in [0, 0.05) is 30.7 Å². The van der Waals surface area contributed by atoms with Gasteiger partial charge in [0.05, 0.1) is 30.3 Å². The topological polar surface area (TPSA) is 94.8 Å². The smallest absolute Gasteiger partial charge is 0.254 e. The van der Waals surface area contributed by atoms with Crippen LogP contribution in [-0.2, 0) is 19.3 Å². The monoisotopic (exact) mass is 440 g/mol. The van der Waals surface area contributed by atoms with E-state index in [4.69, 9.17) is 9.72 Å². The first-order valence-electron chi connectivity index (χ1n) is 10.9. The molecule has 0 aliphatic heterocycles. The van der Waals surface area contributed by atoms with Gasteiger partial charge in [0.25, 0.3) is 11.9 Å². The lowest BCUT2D eigenvalue weighted by Gasteiger charge is -2.19. The van der Waals surface area contributed by atoms with Gasteiger partial charge in [-0.25, -0.2) is 14.6 Å². The van der Waals surface area contributed by atoms with Crippen LogP contribution in [-0.4, -0.2) is 44.3 Å². The first-order chi connectivity index (χ1) is 16.1. The number of hydrogen-bond acceptors (Lipinski definition) is 6. The van der Waals surface area contributed by atoms with Crippen molar-refractivity contribution in [3.63, 3.8) is 0 Å². The maximum absolute atomic E-state index is 12.7. The van der Waals surface area contributed by atoms with Crippen molar-refractivity contribution >= 4 is 5.91 Å². The van der Waals surface area contributed by atoms with E-state index in [-0.39, 0.29) is 5.91 Å². The number of pyridine rings is 1. The van der Waals surface area contributed by atoms with Gasteiger partial charge in [-0.2, -0.15) is 5.10 Å². The van der Waals surface area contributed by atoms with Crippen LogP contribution < -0.4 is 10.1 Å². The van der Waals surface area contributed by atoms with Crippen LogP contribution in [0.15, 0.2) is 55.1 Å². The van der Waals surface area contributed by atoms with Gasteiger partial charge in [0.15, 0.2) is 0 Å². The van der Waals surface area contributed by atoms with Crippen molar-refractivity contribution in [1.29, 1.82) is 0 Å². The molecular weight excluding hydrogens is 416 g/mol. The molecule has 0 spiro atoms. The van der Waals surface area contributed by atoms with E-state index in [1.807, 2.05) is 37.4 Å². The van der Waals surface area contributed by atoms with Crippen LogP contribution in [0, 0.1) is 6.92 Å². The summed E-state index contributed by atoms with van der Waals surface area (Å²) in [5.74, 6) is 1.12. The van der Waals surface area contributed by atoms with Crippen molar-refractivity contribution in [2.45, 2.75) is 26.2 Å². The molecule has 1 aliphatic carbocycles. The largest absolute Gasteiger partial charge is 0.497 e. The Morgan fingerprint density at radius 3 is 2.85 bits per heavy atom. The number of methoxy groups -OCH3 is 1. The molecule has 0 unspecified atom stereocenters. The number of carbonyl (C=O) groups is 1. The highest BCUT2D eigenvalue weighted by Crippen LogP contribution is 2.34. The minimum Gasteiger partial charge on any atom is -0.497 e. The summed E-state index contributed by atoms with van der Waals surface area (Å²) in [5.41, 5.74) is 6.57. The summed E-state index contributed by atoms with van der Waals surface area (Å²) in [6.45, 7) is 2.37. The van der Waals surface area contributed by atoms with Crippen molar-refractivity contribution in [1.82, 2.24) is 30.0 Å². The minimum atomic E-state index is -0.168. The second-order valence-corrected chi connectivity index (χ2v) is 7.99. The van der Waals surface area contributed by atoms with Gasteiger partial charge in [-0.05, 0) is 67.1 Å². The van der Waals surface area contributed by atoms with E-state index in [2.05, 4.69) is 26.4 Å². The normalized spacial score (nSPS) is 12.1. The van der Waals surface area contributed by atoms with Crippen molar-refractivity contribution in [3.05, 3.63) is 83.1 Å². The summed E-state index contributed by atoms with van der Waals surface area (Å²) < 4.78 is 6.99. The molecule has 33 heavy (non-hydrogen) atoms. The van der Waals surface area contributed by atoms with Crippen LogP contribution in [0.3, 0.4) is 0 Å². The van der Waals surface area contributed by atoms with Gasteiger partial charge >= 0.3 is 0 Å². The third kappa shape index (κ3) is 4.07. The van der Waals surface area contributed by atoms with Gasteiger partial charge in [-0.1, -0.05) is 6.07 Å². The molecule has 0 saturated carbocycles. The minimum absolute atomic E-state index is 0.168. The van der Waals surface area contributed by atoms with Crippen molar-refractivity contribution < 1.29 is 9.53 Å². The number of ether oxygens (including phenoxy) is 1. The molecule has 8 heteroatoms. The first-order valence-corrected chi connectivity index (χ1v) is 10.9. The van der Waals surface area contributed by atoms with Gasteiger partial charge in [-0.3, -0.25) is 9.78 Å². The van der Waals surface area contributed by atoms with Crippen LogP contribution >= 0.6 is 0 Å². The lowest BCUT2D eigenvalue weighted by atomic mass is 9.90. The Bertz CT molecular complexity index is 1320. The van der Waals surface area contributed by atoms with E-state index in [0.29, 0.717) is 30.2 Å². The van der Waals surface area contributed by atoms with Crippen LogP contribution in [0.2, 0.25) is 0 Å². The summed E-state index contributed by atoms with van der Waals surface area (Å²) in [6.07, 6.45) is 9.47. The second-order valence-electron chi connectivity index (χ2n) is 7.99. The van der Waals surface area contributed by atoms with Gasteiger partial charge in [0.2, 0.25) is 0 Å². The quantitative estimate of drug-likeness (QED) is 0.495. The molecule has 1 N–H and O–H groups in total. The third-order valence-electron chi connectivity index (χ3n) is 5.95. The lowest BCUT2D eigenvalue weighted by Crippen LogP contribution is -2.26. The molecule has 1 amide bonds. The van der Waals surface area contributed by atoms with Gasteiger partial charge in [-0.15, -0.1) is 0 Å². The number of rotatable bonds is 6. The Labute approximate surface area is 191 Å². The molecular formula is C25H24N6O2. The Balaban J connectivity index is 1.37. The molecule has 0 saturated heterocycles. The molecule has 4 aromatic rings. The van der Waals surface area contributed by atoms with Crippen molar-refractivity contribution in [2.75, 3.05) is 13.7 Å². The average molecular weight is 441 g/mol. The number of aryl methyl sites for hydroxylation is 2. The standard InChI is InChI=1S/C25H24N6O2/c1-16-22(24(32)27-11-9-17-4-3-10-26-13-17)15-29-31(16)25-28-14-19-6-5-18-12-20(33-2)7-8-21(18)23(19)30-25/h3-4,7-8,10,12-15H,5-6,9,11H2,1-2H3,(H,27,32). The number of nitrogens with zero attached hydrogens (tertiary/aromatic N) is 5. The Morgan fingerprint density at radius 2 is 2.03 bits per heavy atom. The molecule has 1 aliphatic rings. The molecule has 0 atom stereocenters. The number of fused-ring (bicyclic) bond motifs is 3. The van der Waals surface area contributed by atoms with Crippen LogP contribution in [0.4, 0.5) is 0 Å². The summed E-state index contributed by atoms with van der Waals surface area (Å²) in [4.78, 5) is 26.2. The molecule has 1 aromatic carbocycles. The van der Waals surface area contributed by atoms with Crippen molar-refractivity contribution in [3.8, 4) is 23.0 Å². The summed E-state index contributed by atoms with van der Waals surface area (Å²) in [6, 6.07) is 9.93. The zero-order valence-electron chi connectivity index (χ0n) is 18.6. The van der Waals surface area contributed by atoms with E-state index in [1.165, 1.54) is 5.56 Å². The Morgan fingerprint density at radius 1 is 1.15 bits per heavy atom. The number of benzene rings is 1. The van der Waals surface area contributed by atoms with Crippen LogP contribution in [0.1, 0.15) is 32.7 Å². The zero-order chi connectivity index (χ0) is 22.8. The zero-order valence-corrected chi connectivity index (χ0v) is 18.6. The van der Waals surface area contributed by atoms with E-state index in [1.54, 1.807) is 30.4 Å². The molecule has 0 radical (unpaired) electrons. The fourth-order valence-electron chi connectivity index (χ4n) is 4.12. The lowest BCUT2D eigenvalue weighted by molar-refractivity contribution is 0.0953. The fraction of sp³-hybridized carbons (Fsp3) is 0.240. The Kier molecular flexibility index (Phi) is 5.56. The predicted octanol–water partition coefficient (Wildman–Crippen LogP) is 3.11. The van der Waals surface area contributed by atoms with E-state index >= 15 is 0 Å². The number of hydrogen-bond donors (Lipinski definition) is 1. The van der Waals surface area contributed by atoms with E-state index in [0.717, 1.165) is 41.0 Å². The third-order valence-corrected chi connectivity index (χ3v) is 5.95. The molecule has 0 fully saturated rings. The van der Waals surface area contributed by atoms with Crippen LogP contribution in [0.25, 0.3) is 17.2 Å². The summed E-state index contributed by atoms with van der Waals surface area (Å²) in [7, 11) is 1.67. The highest BCUT2D eigenvalue weighted by atomic mass is 16.5. The SMILES string of the molecule is COc1ccc2c(c1)CCc1cnc(-n3ncc(C(=O)NCCc4cccnc4)c3C)nc1-2. The molecule has 0 bridgehead atoms. The first kappa shape index (κ1) is 20.8. The second kappa shape index (κ2) is 8.82. The fourth-order valence-corrected chi connectivity index (χ4v) is 4.12. The highest BCUT2D eigenvalue weighted by molar-refractivity contribution is 5.95. The molecule has 3 aromatic heterocycles.